The predicted molar refractivity (Wildman–Crippen MR) is 152 cm³/mol. The van der Waals surface area contributed by atoms with Crippen molar-refractivity contribution in [2.75, 3.05) is 16.8 Å². The zero-order chi connectivity index (χ0) is 26.0. The van der Waals surface area contributed by atoms with E-state index in [0.29, 0.717) is 11.8 Å². The molecule has 4 nitrogen and oxygen atoms in total. The van der Waals surface area contributed by atoms with Crippen LogP contribution in [-0.2, 0) is 5.41 Å². The van der Waals surface area contributed by atoms with Crippen LogP contribution in [0.4, 0.5) is 17.2 Å². The maximum absolute atomic E-state index is 5.36. The quantitative estimate of drug-likeness (QED) is 0.345. The third-order valence-electron chi connectivity index (χ3n) is 8.94. The van der Waals surface area contributed by atoms with Gasteiger partial charge in [0.1, 0.15) is 11.9 Å². The molecule has 3 heterocycles. The third-order valence-corrected chi connectivity index (χ3v) is 8.94. The fourth-order valence-corrected chi connectivity index (χ4v) is 6.64. The Bertz CT molecular complexity index is 1300. The zero-order valence-electron chi connectivity index (χ0n) is 23.1. The standard InChI is InChI=1S/C32H40N4/c1-10-18-32(8)24-16-11-12-17-25(24)36-29-26(35(9)30(36)31(32,6)7)19-33-28(34-29)27-22(20(2)3)14-13-15-23(27)21(4)5/h10-17,19-21,30H,1,18H2,2-9H3. The molecule has 2 aliphatic heterocycles. The van der Waals surface area contributed by atoms with Gasteiger partial charge >= 0.3 is 0 Å². The Kier molecular flexibility index (Phi) is 5.77. The molecule has 0 aliphatic carbocycles. The highest BCUT2D eigenvalue weighted by molar-refractivity contribution is 5.85. The summed E-state index contributed by atoms with van der Waals surface area (Å²) >= 11 is 0. The Morgan fingerprint density at radius 2 is 1.58 bits per heavy atom. The van der Waals surface area contributed by atoms with E-state index < -0.39 is 0 Å². The Morgan fingerprint density at radius 3 is 2.19 bits per heavy atom. The molecule has 2 aliphatic rings. The number of aromatic nitrogens is 2. The van der Waals surface area contributed by atoms with Gasteiger partial charge in [0.2, 0.25) is 0 Å². The monoisotopic (exact) mass is 480 g/mol. The molecule has 0 saturated heterocycles. The van der Waals surface area contributed by atoms with E-state index >= 15 is 0 Å². The summed E-state index contributed by atoms with van der Waals surface area (Å²) in [5.74, 6) is 2.60. The van der Waals surface area contributed by atoms with Crippen LogP contribution >= 0.6 is 0 Å². The average molecular weight is 481 g/mol. The van der Waals surface area contributed by atoms with E-state index in [2.05, 4.69) is 120 Å². The molecule has 36 heavy (non-hydrogen) atoms. The maximum Gasteiger partial charge on any atom is 0.162 e. The van der Waals surface area contributed by atoms with Gasteiger partial charge in [0.05, 0.1) is 6.20 Å². The van der Waals surface area contributed by atoms with Gasteiger partial charge in [-0.15, -0.1) is 6.58 Å². The summed E-state index contributed by atoms with van der Waals surface area (Å²) in [6.07, 6.45) is 5.16. The minimum atomic E-state index is -0.0793. The average Bonchev–Trinajstić information content (AvgIpc) is 3.15. The minimum Gasteiger partial charge on any atom is -0.349 e. The molecule has 2 atom stereocenters. The van der Waals surface area contributed by atoms with E-state index in [1.807, 2.05) is 6.20 Å². The number of allylic oxidation sites excluding steroid dienone is 1. The van der Waals surface area contributed by atoms with Crippen LogP contribution in [0.15, 0.2) is 61.3 Å². The van der Waals surface area contributed by atoms with E-state index in [-0.39, 0.29) is 17.0 Å². The van der Waals surface area contributed by atoms with Gasteiger partial charge in [0, 0.05) is 29.1 Å². The van der Waals surface area contributed by atoms with Gasteiger partial charge in [-0.3, -0.25) is 0 Å². The molecule has 0 amide bonds. The van der Waals surface area contributed by atoms with Crippen LogP contribution < -0.4 is 9.80 Å². The molecule has 0 bridgehead atoms. The molecule has 0 fully saturated rings. The summed E-state index contributed by atoms with van der Waals surface area (Å²) in [6, 6.07) is 15.5. The van der Waals surface area contributed by atoms with Crippen molar-refractivity contribution in [3.05, 3.63) is 78.0 Å². The number of hydrogen-bond acceptors (Lipinski definition) is 4. The predicted octanol–water partition coefficient (Wildman–Crippen LogP) is 8.18. The molecule has 2 aromatic carbocycles. The summed E-state index contributed by atoms with van der Waals surface area (Å²) in [7, 11) is 2.19. The molecule has 2 unspecified atom stereocenters. The Morgan fingerprint density at radius 1 is 0.944 bits per heavy atom. The first kappa shape index (κ1) is 24.5. The van der Waals surface area contributed by atoms with Crippen LogP contribution in [0, 0.1) is 5.41 Å². The highest BCUT2D eigenvalue weighted by Crippen LogP contribution is 2.61. The zero-order valence-corrected chi connectivity index (χ0v) is 23.1. The molecule has 188 valence electrons. The Hall–Kier alpha value is -3.14. The first-order valence-electron chi connectivity index (χ1n) is 13.3. The van der Waals surface area contributed by atoms with Crippen LogP contribution in [0.3, 0.4) is 0 Å². The first-order valence-corrected chi connectivity index (χ1v) is 13.3. The van der Waals surface area contributed by atoms with Crippen LogP contribution in [0.2, 0.25) is 0 Å². The number of rotatable bonds is 5. The second-order valence-corrected chi connectivity index (χ2v) is 11.9. The van der Waals surface area contributed by atoms with E-state index in [4.69, 9.17) is 9.97 Å². The molecular formula is C32H40N4. The minimum absolute atomic E-state index is 0.0614. The number of hydrogen-bond donors (Lipinski definition) is 0. The van der Waals surface area contributed by atoms with Crippen molar-refractivity contribution in [3.8, 4) is 11.4 Å². The maximum atomic E-state index is 5.36. The van der Waals surface area contributed by atoms with Gasteiger partial charge in [0.15, 0.2) is 11.6 Å². The Balaban J connectivity index is 1.77. The number of benzene rings is 2. The second-order valence-electron chi connectivity index (χ2n) is 11.9. The van der Waals surface area contributed by atoms with Crippen molar-refractivity contribution in [1.29, 1.82) is 0 Å². The third kappa shape index (κ3) is 3.26. The molecule has 0 radical (unpaired) electrons. The van der Waals surface area contributed by atoms with Crippen LogP contribution in [0.5, 0.6) is 0 Å². The van der Waals surface area contributed by atoms with Gasteiger partial charge in [-0.1, -0.05) is 90.9 Å². The van der Waals surface area contributed by atoms with Crippen molar-refractivity contribution < 1.29 is 0 Å². The lowest BCUT2D eigenvalue weighted by Gasteiger charge is -2.57. The number of anilines is 3. The second kappa shape index (κ2) is 8.47. The first-order chi connectivity index (χ1) is 17.0. The van der Waals surface area contributed by atoms with Crippen molar-refractivity contribution in [1.82, 2.24) is 9.97 Å². The highest BCUT2D eigenvalue weighted by atomic mass is 15.5. The van der Waals surface area contributed by atoms with Crippen molar-refractivity contribution >= 4 is 17.2 Å². The van der Waals surface area contributed by atoms with E-state index in [0.717, 1.165) is 23.8 Å². The number of fused-ring (bicyclic) bond motifs is 5. The lowest BCUT2D eigenvalue weighted by Crippen LogP contribution is -2.61. The van der Waals surface area contributed by atoms with E-state index in [1.54, 1.807) is 0 Å². The molecule has 0 N–H and O–H groups in total. The largest absolute Gasteiger partial charge is 0.349 e. The van der Waals surface area contributed by atoms with Crippen molar-refractivity contribution in [3.63, 3.8) is 0 Å². The van der Waals surface area contributed by atoms with Gasteiger partial charge in [-0.25, -0.2) is 9.97 Å². The summed E-state index contributed by atoms with van der Waals surface area (Å²) in [5, 5.41) is 0. The lowest BCUT2D eigenvalue weighted by molar-refractivity contribution is 0.129. The fraction of sp³-hybridized carbons (Fsp3) is 0.438. The normalized spacial score (nSPS) is 22.0. The number of nitrogens with zero attached hydrogens (tertiary/aromatic N) is 4. The van der Waals surface area contributed by atoms with Crippen molar-refractivity contribution in [2.45, 2.75) is 78.3 Å². The number of para-hydroxylation sites is 1. The van der Waals surface area contributed by atoms with Gasteiger partial charge in [0.25, 0.3) is 0 Å². The Labute approximate surface area is 217 Å². The highest BCUT2D eigenvalue weighted by Gasteiger charge is 2.58. The SMILES string of the molecule is C=CCC1(C)c2ccccc2N2c3nc(-c4c(C(C)C)cccc4C(C)C)ncc3N(C)C2C1(C)C. The van der Waals surface area contributed by atoms with Gasteiger partial charge in [-0.2, -0.15) is 0 Å². The molecule has 5 rings (SSSR count). The molecule has 4 heteroatoms. The summed E-state index contributed by atoms with van der Waals surface area (Å²) < 4.78 is 0. The topological polar surface area (TPSA) is 32.3 Å². The van der Waals surface area contributed by atoms with E-state index in [9.17, 15) is 0 Å². The lowest BCUT2D eigenvalue weighted by atomic mass is 9.57. The summed E-state index contributed by atoms with van der Waals surface area (Å²) in [6.45, 7) is 20.3. The molecule has 1 aromatic heterocycles. The van der Waals surface area contributed by atoms with Crippen molar-refractivity contribution in [2.24, 2.45) is 5.41 Å². The smallest absolute Gasteiger partial charge is 0.162 e. The van der Waals surface area contributed by atoms with Gasteiger partial charge in [-0.05, 0) is 41.0 Å². The van der Waals surface area contributed by atoms with Crippen LogP contribution in [0.1, 0.15) is 83.4 Å². The molecular weight excluding hydrogens is 440 g/mol. The molecule has 3 aromatic rings. The van der Waals surface area contributed by atoms with Gasteiger partial charge < -0.3 is 9.80 Å². The summed E-state index contributed by atoms with van der Waals surface area (Å²) in [4.78, 5) is 15.2. The molecule has 0 spiro atoms. The summed E-state index contributed by atoms with van der Waals surface area (Å²) in [5.41, 5.74) is 7.35. The molecule has 0 saturated carbocycles. The van der Waals surface area contributed by atoms with Crippen LogP contribution in [-0.4, -0.2) is 23.2 Å². The van der Waals surface area contributed by atoms with E-state index in [1.165, 1.54) is 27.9 Å². The fourth-order valence-electron chi connectivity index (χ4n) is 6.64. The van der Waals surface area contributed by atoms with Crippen LogP contribution in [0.25, 0.3) is 11.4 Å².